The number of hydrogen-bond donors (Lipinski definition) is 1. The monoisotopic (exact) mass is 167 g/mol. The molecule has 5 nitrogen and oxygen atoms in total. The van der Waals surface area contributed by atoms with Crippen LogP contribution in [0.5, 0.6) is 0 Å². The lowest BCUT2D eigenvalue weighted by Gasteiger charge is -1.92. The predicted molar refractivity (Wildman–Crippen MR) is 44.8 cm³/mol. The van der Waals surface area contributed by atoms with E-state index in [2.05, 4.69) is 24.3 Å². The highest BCUT2D eigenvalue weighted by molar-refractivity contribution is 7.14. The molecular weight excluding hydrogens is 161 g/mol. The molecule has 56 valence electrons. The fraction of sp³-hybridized carbons (Fsp3) is 0. The fourth-order valence-corrected chi connectivity index (χ4v) is 1.13. The maximum Gasteiger partial charge on any atom is 0.168 e. The molecule has 0 aliphatic heterocycles. The van der Waals surface area contributed by atoms with Crippen LogP contribution in [0, 0.1) is 0 Å². The van der Waals surface area contributed by atoms with E-state index in [1.165, 1.54) is 6.33 Å². The molecule has 0 aromatic carbocycles. The van der Waals surface area contributed by atoms with E-state index < -0.39 is 0 Å². The van der Waals surface area contributed by atoms with Gasteiger partial charge < -0.3 is 5.73 Å². The van der Waals surface area contributed by atoms with Gasteiger partial charge in [-0.05, 0) is 9.39 Å². The molecule has 6 heteroatoms. The van der Waals surface area contributed by atoms with Gasteiger partial charge in [0.2, 0.25) is 0 Å². The Hall–Kier alpha value is -1.22. The summed E-state index contributed by atoms with van der Waals surface area (Å²) in [5.74, 6) is 0.413. The average molecular weight is 167 g/mol. The van der Waals surface area contributed by atoms with Crippen molar-refractivity contribution < 1.29 is 0 Å². The van der Waals surface area contributed by atoms with E-state index in [-0.39, 0.29) is 0 Å². The number of aromatic nitrogens is 4. The van der Waals surface area contributed by atoms with E-state index in [0.717, 1.165) is 5.65 Å². The quantitative estimate of drug-likeness (QED) is 0.562. The number of anilines is 1. The first-order valence-corrected chi connectivity index (χ1v) is 3.49. The second-order valence-corrected chi connectivity index (χ2v) is 2.64. The predicted octanol–water partition coefficient (Wildman–Crippen LogP) is 0.0467. The molecule has 2 heterocycles. The van der Waals surface area contributed by atoms with Crippen LogP contribution >= 0.6 is 9.39 Å². The molecule has 0 radical (unpaired) electrons. The van der Waals surface area contributed by atoms with Gasteiger partial charge in [0, 0.05) is 0 Å². The molecule has 0 saturated heterocycles. The molecule has 0 spiro atoms. The van der Waals surface area contributed by atoms with Gasteiger partial charge in [-0.15, -0.1) is 0 Å². The third kappa shape index (κ3) is 0.851. The smallest absolute Gasteiger partial charge is 0.168 e. The minimum absolute atomic E-state index is 0.413. The van der Waals surface area contributed by atoms with Crippen molar-refractivity contribution in [2.24, 2.45) is 0 Å². The van der Waals surface area contributed by atoms with Crippen LogP contribution in [0.3, 0.4) is 0 Å². The molecular formula is C5H6N5P. The van der Waals surface area contributed by atoms with Gasteiger partial charge >= 0.3 is 0 Å². The van der Waals surface area contributed by atoms with Crippen LogP contribution in [0.2, 0.25) is 0 Å². The van der Waals surface area contributed by atoms with Crippen molar-refractivity contribution in [1.82, 2.24) is 19.3 Å². The van der Waals surface area contributed by atoms with Crippen molar-refractivity contribution in [3.05, 3.63) is 12.7 Å². The SMILES string of the molecule is Nc1ncnc2c1ncn2P. The second kappa shape index (κ2) is 2.13. The number of hydrogen-bond acceptors (Lipinski definition) is 4. The normalized spacial score (nSPS) is 10.6. The van der Waals surface area contributed by atoms with Crippen molar-refractivity contribution in [2.45, 2.75) is 0 Å². The van der Waals surface area contributed by atoms with Gasteiger partial charge in [0.25, 0.3) is 0 Å². The number of imidazole rings is 1. The molecule has 0 amide bonds. The highest BCUT2D eigenvalue weighted by Gasteiger charge is 2.03. The molecule has 1 atom stereocenters. The Kier molecular flexibility index (Phi) is 1.26. The Balaban J connectivity index is 2.94. The summed E-state index contributed by atoms with van der Waals surface area (Å²) >= 11 is 0. The lowest BCUT2D eigenvalue weighted by atomic mass is 10.5. The molecule has 1 unspecified atom stereocenters. The Morgan fingerprint density at radius 2 is 2.18 bits per heavy atom. The van der Waals surface area contributed by atoms with E-state index in [1.54, 1.807) is 10.7 Å². The largest absolute Gasteiger partial charge is 0.382 e. The van der Waals surface area contributed by atoms with Crippen LogP contribution in [0.15, 0.2) is 12.7 Å². The first-order chi connectivity index (χ1) is 5.29. The van der Waals surface area contributed by atoms with Crippen molar-refractivity contribution in [3.63, 3.8) is 0 Å². The van der Waals surface area contributed by atoms with E-state index >= 15 is 0 Å². The van der Waals surface area contributed by atoms with Gasteiger partial charge in [-0.2, -0.15) is 0 Å². The van der Waals surface area contributed by atoms with E-state index in [9.17, 15) is 0 Å². The van der Waals surface area contributed by atoms with E-state index in [1.807, 2.05) is 0 Å². The highest BCUT2D eigenvalue weighted by Crippen LogP contribution is 2.15. The fourth-order valence-electron chi connectivity index (χ4n) is 0.870. The van der Waals surface area contributed by atoms with E-state index in [0.29, 0.717) is 11.3 Å². The van der Waals surface area contributed by atoms with Crippen LogP contribution in [-0.4, -0.2) is 19.3 Å². The summed E-state index contributed by atoms with van der Waals surface area (Å²) in [4.78, 5) is 11.8. The molecule has 0 saturated carbocycles. The summed E-state index contributed by atoms with van der Waals surface area (Å²) in [7, 11) is 2.46. The molecule has 0 aliphatic rings. The van der Waals surface area contributed by atoms with Gasteiger partial charge in [-0.25, -0.2) is 15.0 Å². The van der Waals surface area contributed by atoms with Gasteiger partial charge in [-0.1, -0.05) is 0 Å². The Bertz CT molecular complexity index is 395. The lowest BCUT2D eigenvalue weighted by molar-refractivity contribution is 1.18. The third-order valence-corrected chi connectivity index (χ3v) is 1.76. The summed E-state index contributed by atoms with van der Waals surface area (Å²) in [5, 5.41) is 0. The van der Waals surface area contributed by atoms with Gasteiger partial charge in [0.05, 0.1) is 0 Å². The molecule has 0 bridgehead atoms. The summed E-state index contributed by atoms with van der Waals surface area (Å²) in [6.45, 7) is 0. The zero-order valence-electron chi connectivity index (χ0n) is 5.60. The Labute approximate surface area is 64.9 Å². The molecule has 2 aromatic heterocycles. The summed E-state index contributed by atoms with van der Waals surface area (Å²) in [5.41, 5.74) is 6.90. The number of nitrogens with two attached hydrogens (primary N) is 1. The van der Waals surface area contributed by atoms with Crippen LogP contribution in [0.1, 0.15) is 0 Å². The van der Waals surface area contributed by atoms with Crippen molar-refractivity contribution in [3.8, 4) is 0 Å². The third-order valence-electron chi connectivity index (χ3n) is 1.39. The topological polar surface area (TPSA) is 69.6 Å². The number of fused-ring (bicyclic) bond motifs is 1. The zero-order valence-corrected chi connectivity index (χ0v) is 6.75. The van der Waals surface area contributed by atoms with Crippen LogP contribution in [0.25, 0.3) is 11.2 Å². The van der Waals surface area contributed by atoms with Gasteiger partial charge in [0.15, 0.2) is 11.5 Å². The Morgan fingerprint density at radius 3 is 2.91 bits per heavy atom. The summed E-state index contributed by atoms with van der Waals surface area (Å²) < 4.78 is 1.72. The Morgan fingerprint density at radius 1 is 1.36 bits per heavy atom. The van der Waals surface area contributed by atoms with Gasteiger partial charge in [-0.3, -0.25) is 4.34 Å². The summed E-state index contributed by atoms with van der Waals surface area (Å²) in [6, 6.07) is 0. The molecule has 0 fully saturated rings. The summed E-state index contributed by atoms with van der Waals surface area (Å²) in [6.07, 6.45) is 3.04. The molecule has 11 heavy (non-hydrogen) atoms. The highest BCUT2D eigenvalue weighted by atomic mass is 31.0. The maximum atomic E-state index is 5.53. The standard InChI is InChI=1S/C5H6N5P/c6-4-3-5(8-1-7-4)10(11)2-9-3/h1-2H,11H2,(H2,6,7,8). The first kappa shape index (κ1) is 6.49. The van der Waals surface area contributed by atoms with Gasteiger partial charge in [0.1, 0.15) is 18.2 Å². The lowest BCUT2D eigenvalue weighted by Crippen LogP contribution is -1.92. The molecule has 2 N–H and O–H groups in total. The molecule has 0 aliphatic carbocycles. The zero-order chi connectivity index (χ0) is 7.84. The maximum absolute atomic E-state index is 5.53. The van der Waals surface area contributed by atoms with Crippen molar-refractivity contribution in [1.29, 1.82) is 0 Å². The minimum Gasteiger partial charge on any atom is -0.382 e. The van der Waals surface area contributed by atoms with Crippen LogP contribution in [-0.2, 0) is 0 Å². The van der Waals surface area contributed by atoms with E-state index in [4.69, 9.17) is 5.73 Å². The first-order valence-electron chi connectivity index (χ1n) is 2.97. The second-order valence-electron chi connectivity index (χ2n) is 2.08. The number of rotatable bonds is 0. The number of nitrogens with zero attached hydrogens (tertiary/aromatic N) is 4. The average Bonchev–Trinajstić information content (AvgIpc) is 2.35. The van der Waals surface area contributed by atoms with Crippen molar-refractivity contribution >= 4 is 26.4 Å². The number of nitrogen functional groups attached to an aromatic ring is 1. The minimum atomic E-state index is 0.413. The van der Waals surface area contributed by atoms with Crippen LogP contribution in [0.4, 0.5) is 5.82 Å². The molecule has 2 aromatic rings. The van der Waals surface area contributed by atoms with Crippen LogP contribution < -0.4 is 5.73 Å². The molecule has 2 rings (SSSR count). The van der Waals surface area contributed by atoms with Crippen molar-refractivity contribution in [2.75, 3.05) is 5.73 Å².